The number of allylic oxidation sites excluding steroid dienone is 1. The summed E-state index contributed by atoms with van der Waals surface area (Å²) in [5.41, 5.74) is 2.08. The van der Waals surface area contributed by atoms with Gasteiger partial charge in [-0.05, 0) is 106 Å². The van der Waals surface area contributed by atoms with Crippen LogP contribution in [0.4, 0.5) is 0 Å². The molecular formula is C26H41NO2. The highest BCUT2D eigenvalue weighted by molar-refractivity contribution is 5.84. The standard InChI is InChI=1S/C26H41NO2/c1-25-12-10-19(28)16-18(25)6-7-20-21-8-9-23(26(21,2)13-11-22(20)25)24(29)17-27-14-4-3-5-15-27/h6,19-23,28H,3-5,7-17H2,1-2H3/t19-,20-,21-,22-,23+,25-,26-/m0/s1. The Bertz CT molecular complexity index is 680. The Labute approximate surface area is 177 Å². The Morgan fingerprint density at radius 3 is 2.66 bits per heavy atom. The Balaban J connectivity index is 1.33. The van der Waals surface area contributed by atoms with Gasteiger partial charge in [-0.3, -0.25) is 9.69 Å². The number of nitrogens with zero attached hydrogens (tertiary/aromatic N) is 1. The number of rotatable bonds is 3. The van der Waals surface area contributed by atoms with Gasteiger partial charge in [0.05, 0.1) is 12.6 Å². The van der Waals surface area contributed by atoms with E-state index in [2.05, 4.69) is 24.8 Å². The van der Waals surface area contributed by atoms with Gasteiger partial charge in [-0.15, -0.1) is 0 Å². The Kier molecular flexibility index (Phi) is 5.22. The van der Waals surface area contributed by atoms with Crippen LogP contribution in [-0.4, -0.2) is 41.5 Å². The van der Waals surface area contributed by atoms with Crippen molar-refractivity contribution in [3.63, 3.8) is 0 Å². The van der Waals surface area contributed by atoms with Crippen LogP contribution in [0, 0.1) is 34.5 Å². The number of fused-ring (bicyclic) bond motifs is 5. The van der Waals surface area contributed by atoms with Gasteiger partial charge in [-0.2, -0.15) is 0 Å². The first-order chi connectivity index (χ1) is 13.9. The van der Waals surface area contributed by atoms with Crippen LogP contribution in [0.15, 0.2) is 11.6 Å². The molecule has 0 aromatic heterocycles. The van der Waals surface area contributed by atoms with E-state index in [0.29, 0.717) is 23.7 Å². The second kappa shape index (κ2) is 7.48. The lowest BCUT2D eigenvalue weighted by molar-refractivity contribution is -0.131. The van der Waals surface area contributed by atoms with Crippen LogP contribution >= 0.6 is 0 Å². The monoisotopic (exact) mass is 399 g/mol. The largest absolute Gasteiger partial charge is 0.393 e. The van der Waals surface area contributed by atoms with E-state index < -0.39 is 0 Å². The minimum Gasteiger partial charge on any atom is -0.393 e. The van der Waals surface area contributed by atoms with E-state index in [1.807, 2.05) is 0 Å². The molecule has 1 heterocycles. The van der Waals surface area contributed by atoms with Crippen molar-refractivity contribution in [3.8, 4) is 0 Å². The number of Topliss-reactive ketones (excluding diaryl/α,β-unsaturated/α-hetero) is 1. The van der Waals surface area contributed by atoms with Gasteiger partial charge in [0.1, 0.15) is 5.78 Å². The van der Waals surface area contributed by atoms with E-state index in [4.69, 9.17) is 0 Å². The minimum atomic E-state index is -0.122. The molecule has 0 bridgehead atoms. The van der Waals surface area contributed by atoms with Gasteiger partial charge >= 0.3 is 0 Å². The molecule has 5 aliphatic rings. The molecule has 1 saturated heterocycles. The summed E-state index contributed by atoms with van der Waals surface area (Å²) < 4.78 is 0. The van der Waals surface area contributed by atoms with Crippen molar-refractivity contribution in [2.24, 2.45) is 34.5 Å². The minimum absolute atomic E-state index is 0.122. The first-order valence-electron chi connectivity index (χ1n) is 12.5. The molecular weight excluding hydrogens is 358 g/mol. The summed E-state index contributed by atoms with van der Waals surface area (Å²) in [5, 5.41) is 10.2. The fourth-order valence-electron chi connectivity index (χ4n) is 8.62. The van der Waals surface area contributed by atoms with E-state index in [1.165, 1.54) is 44.9 Å². The fraction of sp³-hybridized carbons (Fsp3) is 0.885. The molecule has 0 spiro atoms. The molecule has 0 unspecified atom stereocenters. The number of carbonyl (C=O) groups is 1. The average Bonchev–Trinajstić information content (AvgIpc) is 3.06. The molecule has 5 rings (SSSR count). The molecule has 0 radical (unpaired) electrons. The molecule has 162 valence electrons. The molecule has 0 aromatic rings. The van der Waals surface area contributed by atoms with Gasteiger partial charge in [-0.25, -0.2) is 0 Å². The van der Waals surface area contributed by atoms with E-state index in [9.17, 15) is 9.90 Å². The number of hydrogen-bond donors (Lipinski definition) is 1. The molecule has 3 saturated carbocycles. The maximum absolute atomic E-state index is 13.4. The Morgan fingerprint density at radius 2 is 1.86 bits per heavy atom. The highest BCUT2D eigenvalue weighted by Crippen LogP contribution is 2.66. The van der Waals surface area contributed by atoms with Gasteiger partial charge in [-0.1, -0.05) is 31.9 Å². The van der Waals surface area contributed by atoms with Gasteiger partial charge < -0.3 is 5.11 Å². The van der Waals surface area contributed by atoms with Crippen molar-refractivity contribution in [1.82, 2.24) is 4.90 Å². The number of aliphatic hydroxyl groups is 1. The predicted octanol–water partition coefficient (Wildman–Crippen LogP) is 4.98. The summed E-state index contributed by atoms with van der Waals surface area (Å²) in [7, 11) is 0. The number of likely N-dealkylation sites (tertiary alicyclic amines) is 1. The SMILES string of the molecule is C[C@]12CC[C@H]3[C@@H](CC=C4C[C@@H](O)CC[C@@]43C)[C@@H]1CC[C@@H]2C(=O)CN1CCCCC1. The van der Waals surface area contributed by atoms with E-state index in [-0.39, 0.29) is 11.5 Å². The summed E-state index contributed by atoms with van der Waals surface area (Å²) >= 11 is 0. The first kappa shape index (κ1) is 20.2. The molecule has 29 heavy (non-hydrogen) atoms. The number of aliphatic hydroxyl groups excluding tert-OH is 1. The average molecular weight is 400 g/mol. The quantitative estimate of drug-likeness (QED) is 0.680. The lowest BCUT2D eigenvalue weighted by atomic mass is 9.47. The van der Waals surface area contributed by atoms with Crippen molar-refractivity contribution in [3.05, 3.63) is 11.6 Å². The second-order valence-corrected chi connectivity index (χ2v) is 11.6. The summed E-state index contributed by atoms with van der Waals surface area (Å²) in [6, 6.07) is 0. The number of piperidine rings is 1. The van der Waals surface area contributed by atoms with Crippen LogP contribution in [0.5, 0.6) is 0 Å². The van der Waals surface area contributed by atoms with Crippen LogP contribution in [0.25, 0.3) is 0 Å². The summed E-state index contributed by atoms with van der Waals surface area (Å²) in [6.45, 7) is 7.94. The summed E-state index contributed by atoms with van der Waals surface area (Å²) in [5.74, 6) is 3.09. The van der Waals surface area contributed by atoms with Crippen molar-refractivity contribution in [2.45, 2.75) is 90.6 Å². The zero-order valence-electron chi connectivity index (χ0n) is 18.7. The first-order valence-corrected chi connectivity index (χ1v) is 12.5. The Hall–Kier alpha value is -0.670. The molecule has 1 N–H and O–H groups in total. The van der Waals surface area contributed by atoms with E-state index >= 15 is 0 Å². The van der Waals surface area contributed by atoms with Gasteiger partial charge in [0, 0.05) is 5.92 Å². The molecule has 3 nitrogen and oxygen atoms in total. The summed E-state index contributed by atoms with van der Waals surface area (Å²) in [4.78, 5) is 15.8. The van der Waals surface area contributed by atoms with Crippen LogP contribution in [0.3, 0.4) is 0 Å². The fourth-order valence-corrected chi connectivity index (χ4v) is 8.62. The molecule has 0 aromatic carbocycles. The molecule has 1 aliphatic heterocycles. The van der Waals surface area contributed by atoms with Crippen LogP contribution in [0.1, 0.15) is 84.5 Å². The zero-order valence-corrected chi connectivity index (χ0v) is 18.7. The maximum atomic E-state index is 13.4. The van der Waals surface area contributed by atoms with Crippen molar-refractivity contribution in [1.29, 1.82) is 0 Å². The smallest absolute Gasteiger partial charge is 0.150 e. The molecule has 3 heteroatoms. The van der Waals surface area contributed by atoms with Crippen LogP contribution < -0.4 is 0 Å². The zero-order chi connectivity index (χ0) is 20.2. The highest BCUT2D eigenvalue weighted by Gasteiger charge is 2.59. The van der Waals surface area contributed by atoms with Gasteiger partial charge in [0.15, 0.2) is 0 Å². The predicted molar refractivity (Wildman–Crippen MR) is 116 cm³/mol. The topological polar surface area (TPSA) is 40.5 Å². The second-order valence-electron chi connectivity index (χ2n) is 11.6. The normalized spacial score (nSPS) is 47.7. The van der Waals surface area contributed by atoms with Crippen molar-refractivity contribution < 1.29 is 9.90 Å². The van der Waals surface area contributed by atoms with Gasteiger partial charge in [0.2, 0.25) is 0 Å². The highest BCUT2D eigenvalue weighted by atomic mass is 16.3. The molecule has 4 fully saturated rings. The Morgan fingerprint density at radius 1 is 1.07 bits per heavy atom. The summed E-state index contributed by atoms with van der Waals surface area (Å²) in [6.07, 6.45) is 15.4. The van der Waals surface area contributed by atoms with E-state index in [0.717, 1.165) is 56.5 Å². The number of ketones is 1. The van der Waals surface area contributed by atoms with Crippen LogP contribution in [0.2, 0.25) is 0 Å². The van der Waals surface area contributed by atoms with Crippen molar-refractivity contribution in [2.75, 3.05) is 19.6 Å². The number of carbonyl (C=O) groups excluding carboxylic acids is 1. The molecule has 7 atom stereocenters. The lowest BCUT2D eigenvalue weighted by Gasteiger charge is -2.58. The molecule has 4 aliphatic carbocycles. The van der Waals surface area contributed by atoms with E-state index in [1.54, 1.807) is 5.57 Å². The third-order valence-corrected chi connectivity index (χ3v) is 10.3. The van der Waals surface area contributed by atoms with Crippen LogP contribution in [-0.2, 0) is 4.79 Å². The van der Waals surface area contributed by atoms with Crippen molar-refractivity contribution >= 4 is 5.78 Å². The van der Waals surface area contributed by atoms with Gasteiger partial charge in [0.25, 0.3) is 0 Å². The molecule has 0 amide bonds. The maximum Gasteiger partial charge on any atom is 0.150 e. The third-order valence-electron chi connectivity index (χ3n) is 10.3. The third kappa shape index (κ3) is 3.26. The number of hydrogen-bond acceptors (Lipinski definition) is 3. The lowest BCUT2D eigenvalue weighted by Crippen LogP contribution is -2.51.